The van der Waals surface area contributed by atoms with Crippen molar-refractivity contribution >= 4 is 8.32 Å². The van der Waals surface area contributed by atoms with E-state index in [1.807, 2.05) is 0 Å². The number of nitrogens with zero attached hydrogens (tertiary/aromatic N) is 1. The smallest absolute Gasteiger partial charge is 0.330 e. The standard InChI is InChI=1S/C15H27N3O4Si/c1-15(2,3)23(4,5)22-11-8-10(9-16)21-13(11)18-7-6-12(19)17-14(18)20/h6-7,10-11,13H,8-9,16H2,1-5H3,(H,17,19,20)/t10-,11+,13+/m0/s1. The van der Waals surface area contributed by atoms with Crippen molar-refractivity contribution in [3.63, 3.8) is 0 Å². The average molecular weight is 341 g/mol. The van der Waals surface area contributed by atoms with Crippen LogP contribution in [0.25, 0.3) is 0 Å². The molecule has 0 bridgehead atoms. The summed E-state index contributed by atoms with van der Waals surface area (Å²) in [5.74, 6) is 0. The molecule has 1 aromatic rings. The first-order chi connectivity index (χ1) is 10.5. The molecule has 2 rings (SSSR count). The van der Waals surface area contributed by atoms with Crippen molar-refractivity contribution < 1.29 is 9.16 Å². The molecule has 2 heterocycles. The lowest BCUT2D eigenvalue weighted by molar-refractivity contribution is -0.0336. The van der Waals surface area contributed by atoms with Gasteiger partial charge in [0.1, 0.15) is 0 Å². The Kier molecular flexibility index (Phi) is 5.00. The van der Waals surface area contributed by atoms with Gasteiger partial charge in [0.25, 0.3) is 5.56 Å². The summed E-state index contributed by atoms with van der Waals surface area (Å²) in [6, 6.07) is 1.31. The quantitative estimate of drug-likeness (QED) is 0.801. The van der Waals surface area contributed by atoms with E-state index in [9.17, 15) is 9.59 Å². The Labute approximate surface area is 136 Å². The van der Waals surface area contributed by atoms with Gasteiger partial charge in [-0.1, -0.05) is 20.8 Å². The van der Waals surface area contributed by atoms with Gasteiger partial charge in [-0.2, -0.15) is 0 Å². The fourth-order valence-electron chi connectivity index (χ4n) is 2.40. The highest BCUT2D eigenvalue weighted by Crippen LogP contribution is 2.41. The molecule has 3 atom stereocenters. The molecule has 23 heavy (non-hydrogen) atoms. The van der Waals surface area contributed by atoms with Crippen molar-refractivity contribution in [2.45, 2.75) is 63.8 Å². The maximum Gasteiger partial charge on any atom is 0.330 e. The van der Waals surface area contributed by atoms with E-state index in [1.54, 1.807) is 0 Å². The van der Waals surface area contributed by atoms with Crippen LogP contribution in [0.15, 0.2) is 21.9 Å². The number of H-pyrrole nitrogens is 1. The molecule has 0 aromatic carbocycles. The summed E-state index contributed by atoms with van der Waals surface area (Å²) in [4.78, 5) is 25.6. The van der Waals surface area contributed by atoms with Crippen LogP contribution in [-0.2, 0) is 9.16 Å². The lowest BCUT2D eigenvalue weighted by Gasteiger charge is -2.39. The molecule has 130 valence electrons. The van der Waals surface area contributed by atoms with Crippen molar-refractivity contribution in [2.24, 2.45) is 5.73 Å². The number of nitrogens with two attached hydrogens (primary N) is 1. The Morgan fingerprint density at radius 1 is 1.43 bits per heavy atom. The van der Waals surface area contributed by atoms with E-state index in [0.29, 0.717) is 13.0 Å². The van der Waals surface area contributed by atoms with Crippen LogP contribution in [0.2, 0.25) is 18.1 Å². The summed E-state index contributed by atoms with van der Waals surface area (Å²) in [5.41, 5.74) is 4.81. The largest absolute Gasteiger partial charge is 0.409 e. The molecule has 7 nitrogen and oxygen atoms in total. The van der Waals surface area contributed by atoms with Crippen LogP contribution in [0.4, 0.5) is 0 Å². The molecular formula is C15H27N3O4Si. The molecule has 1 saturated heterocycles. The molecule has 1 fully saturated rings. The number of aromatic amines is 1. The Balaban J connectivity index is 2.32. The van der Waals surface area contributed by atoms with Crippen LogP contribution in [0.3, 0.4) is 0 Å². The highest BCUT2D eigenvalue weighted by Gasteiger charge is 2.45. The number of ether oxygens (including phenoxy) is 1. The Hall–Kier alpha value is -1.22. The minimum Gasteiger partial charge on any atom is -0.409 e. The second kappa shape index (κ2) is 6.35. The number of hydrogen-bond acceptors (Lipinski definition) is 5. The van der Waals surface area contributed by atoms with Crippen LogP contribution in [0, 0.1) is 0 Å². The average Bonchev–Trinajstić information content (AvgIpc) is 2.79. The van der Waals surface area contributed by atoms with Gasteiger partial charge in [0.05, 0.1) is 12.2 Å². The Bertz CT molecular complexity index is 662. The zero-order chi connectivity index (χ0) is 17.4. The van der Waals surface area contributed by atoms with E-state index in [0.717, 1.165) is 0 Å². The zero-order valence-corrected chi connectivity index (χ0v) is 15.5. The molecule has 1 aromatic heterocycles. The van der Waals surface area contributed by atoms with Gasteiger partial charge in [0.2, 0.25) is 0 Å². The van der Waals surface area contributed by atoms with Gasteiger partial charge >= 0.3 is 5.69 Å². The van der Waals surface area contributed by atoms with Gasteiger partial charge in [-0.3, -0.25) is 14.3 Å². The molecule has 0 saturated carbocycles. The normalized spacial score (nSPS) is 25.7. The molecule has 0 unspecified atom stereocenters. The van der Waals surface area contributed by atoms with E-state index in [-0.39, 0.29) is 17.2 Å². The monoisotopic (exact) mass is 341 g/mol. The van der Waals surface area contributed by atoms with Crippen molar-refractivity contribution in [1.29, 1.82) is 0 Å². The summed E-state index contributed by atoms with van der Waals surface area (Å²) in [6.45, 7) is 11.2. The van der Waals surface area contributed by atoms with Crippen molar-refractivity contribution in [1.82, 2.24) is 9.55 Å². The lowest BCUT2D eigenvalue weighted by Crippen LogP contribution is -2.46. The SMILES string of the molecule is CC(C)(C)[Si](C)(C)O[C@@H]1C[C@@H](CN)O[C@H]1n1ccc(=O)[nH]c1=O. The first-order valence-electron chi connectivity index (χ1n) is 7.90. The van der Waals surface area contributed by atoms with Gasteiger partial charge in [-0.05, 0) is 18.1 Å². The van der Waals surface area contributed by atoms with Crippen molar-refractivity contribution in [3.05, 3.63) is 33.1 Å². The predicted octanol–water partition coefficient (Wildman–Crippen LogP) is 1.17. The van der Waals surface area contributed by atoms with E-state index in [1.165, 1.54) is 16.8 Å². The van der Waals surface area contributed by atoms with Gasteiger partial charge in [-0.25, -0.2) is 4.79 Å². The first-order valence-corrected chi connectivity index (χ1v) is 10.8. The fourth-order valence-corrected chi connectivity index (χ4v) is 3.72. The maximum atomic E-state index is 12.1. The third-order valence-electron chi connectivity index (χ3n) is 4.79. The minimum atomic E-state index is -2.02. The number of rotatable bonds is 4. The molecule has 8 heteroatoms. The van der Waals surface area contributed by atoms with E-state index >= 15 is 0 Å². The van der Waals surface area contributed by atoms with Crippen LogP contribution < -0.4 is 17.0 Å². The zero-order valence-electron chi connectivity index (χ0n) is 14.5. The highest BCUT2D eigenvalue weighted by molar-refractivity contribution is 6.74. The van der Waals surface area contributed by atoms with Gasteiger partial charge in [0.15, 0.2) is 14.5 Å². The summed E-state index contributed by atoms with van der Waals surface area (Å²) in [6.07, 6.45) is 1.11. The number of aromatic nitrogens is 2. The number of nitrogens with one attached hydrogen (secondary N) is 1. The molecule has 0 aliphatic carbocycles. The topological polar surface area (TPSA) is 99.3 Å². The van der Waals surface area contributed by atoms with Gasteiger partial charge in [0, 0.05) is 25.2 Å². The first kappa shape index (κ1) is 18.1. The van der Waals surface area contributed by atoms with Crippen LogP contribution >= 0.6 is 0 Å². The van der Waals surface area contributed by atoms with Gasteiger partial charge < -0.3 is 14.9 Å². The molecule has 0 amide bonds. The second-order valence-corrected chi connectivity index (χ2v) is 12.3. The van der Waals surface area contributed by atoms with Crippen molar-refractivity contribution in [2.75, 3.05) is 6.54 Å². The van der Waals surface area contributed by atoms with Crippen LogP contribution in [0.5, 0.6) is 0 Å². The Morgan fingerprint density at radius 3 is 2.61 bits per heavy atom. The lowest BCUT2D eigenvalue weighted by atomic mass is 10.2. The van der Waals surface area contributed by atoms with Gasteiger partial charge in [-0.15, -0.1) is 0 Å². The molecule has 1 aliphatic heterocycles. The summed E-state index contributed by atoms with van der Waals surface area (Å²) >= 11 is 0. The highest BCUT2D eigenvalue weighted by atomic mass is 28.4. The molecule has 3 N–H and O–H groups in total. The minimum absolute atomic E-state index is 0.0499. The fraction of sp³-hybridized carbons (Fsp3) is 0.733. The van der Waals surface area contributed by atoms with E-state index in [4.69, 9.17) is 14.9 Å². The van der Waals surface area contributed by atoms with Crippen LogP contribution in [-0.4, -0.2) is 36.6 Å². The third-order valence-corrected chi connectivity index (χ3v) is 9.29. The van der Waals surface area contributed by atoms with E-state index in [2.05, 4.69) is 38.8 Å². The van der Waals surface area contributed by atoms with Crippen LogP contribution in [0.1, 0.15) is 33.4 Å². The second-order valence-electron chi connectivity index (χ2n) is 7.55. The maximum absolute atomic E-state index is 12.1. The molecular weight excluding hydrogens is 314 g/mol. The molecule has 0 radical (unpaired) electrons. The molecule has 1 aliphatic rings. The summed E-state index contributed by atoms with van der Waals surface area (Å²) in [7, 11) is -2.02. The summed E-state index contributed by atoms with van der Waals surface area (Å²) < 4.78 is 13.7. The Morgan fingerprint density at radius 2 is 2.09 bits per heavy atom. The van der Waals surface area contributed by atoms with E-state index < -0.39 is 25.8 Å². The third kappa shape index (κ3) is 3.82. The van der Waals surface area contributed by atoms with Crippen molar-refractivity contribution in [3.8, 4) is 0 Å². The predicted molar refractivity (Wildman–Crippen MR) is 91.0 cm³/mol. The number of hydrogen-bond donors (Lipinski definition) is 2. The summed E-state index contributed by atoms with van der Waals surface area (Å²) in [5, 5.41) is 0.0499. The molecule has 0 spiro atoms.